The number of piperidine rings is 1. The highest BCUT2D eigenvalue weighted by Gasteiger charge is 2.58. The van der Waals surface area contributed by atoms with Crippen molar-refractivity contribution in [1.82, 2.24) is 30.3 Å². The molecule has 5 amide bonds. The van der Waals surface area contributed by atoms with E-state index in [-0.39, 0.29) is 49.4 Å². The SMILES string of the molecule is CC(C)[C@@H](NC(=O)c1ccccn1)C(=O)N1CCC2(CC1)C(=O)N(C)C(=O)N2c1ccc2[nH]ncc2c1. The number of nitrogens with zero attached hydrogens (tertiary/aromatic N) is 5. The second kappa shape index (κ2) is 9.30. The number of nitrogens with one attached hydrogen (secondary N) is 2. The number of likely N-dealkylation sites (tertiary alicyclic amines) is 1. The number of amides is 5. The summed E-state index contributed by atoms with van der Waals surface area (Å²) in [5, 5.41) is 10.6. The zero-order chi connectivity index (χ0) is 26.3. The molecule has 3 aromatic rings. The molecule has 0 saturated carbocycles. The van der Waals surface area contributed by atoms with Gasteiger partial charge in [-0.2, -0.15) is 5.10 Å². The third-order valence-corrected chi connectivity index (χ3v) is 7.31. The fourth-order valence-electron chi connectivity index (χ4n) is 5.21. The molecule has 2 fully saturated rings. The number of imide groups is 1. The topological polar surface area (TPSA) is 132 Å². The molecule has 2 aromatic heterocycles. The van der Waals surface area contributed by atoms with Gasteiger partial charge in [0.15, 0.2) is 0 Å². The summed E-state index contributed by atoms with van der Waals surface area (Å²) >= 11 is 0. The summed E-state index contributed by atoms with van der Waals surface area (Å²) in [6.07, 6.45) is 3.77. The van der Waals surface area contributed by atoms with Gasteiger partial charge in [-0.15, -0.1) is 0 Å². The number of hydrogen-bond donors (Lipinski definition) is 2. The first kappa shape index (κ1) is 24.4. The number of aromatic nitrogens is 3. The number of urea groups is 1. The molecule has 0 aliphatic carbocycles. The number of fused-ring (bicyclic) bond motifs is 1. The molecule has 2 aliphatic rings. The van der Waals surface area contributed by atoms with Crippen LogP contribution in [0.3, 0.4) is 0 Å². The van der Waals surface area contributed by atoms with Crippen LogP contribution < -0.4 is 10.2 Å². The average Bonchev–Trinajstić information content (AvgIpc) is 3.45. The molecule has 0 bridgehead atoms. The quantitative estimate of drug-likeness (QED) is 0.513. The Kier molecular flexibility index (Phi) is 6.14. The highest BCUT2D eigenvalue weighted by atomic mass is 16.2. The van der Waals surface area contributed by atoms with Gasteiger partial charge in [0.25, 0.3) is 11.8 Å². The Balaban J connectivity index is 1.36. The van der Waals surface area contributed by atoms with Gasteiger partial charge in [0, 0.05) is 37.4 Å². The van der Waals surface area contributed by atoms with Crippen molar-refractivity contribution in [2.75, 3.05) is 25.0 Å². The summed E-state index contributed by atoms with van der Waals surface area (Å²) in [6.45, 7) is 4.29. The van der Waals surface area contributed by atoms with Crippen LogP contribution in [0.5, 0.6) is 0 Å². The number of H-pyrrole nitrogens is 1. The minimum atomic E-state index is -1.08. The maximum atomic E-state index is 13.5. The van der Waals surface area contributed by atoms with E-state index in [9.17, 15) is 19.2 Å². The molecule has 1 atom stereocenters. The summed E-state index contributed by atoms with van der Waals surface area (Å²) in [4.78, 5) is 61.2. The minimum absolute atomic E-state index is 0.157. The van der Waals surface area contributed by atoms with Gasteiger partial charge in [0.05, 0.1) is 11.7 Å². The van der Waals surface area contributed by atoms with Gasteiger partial charge >= 0.3 is 6.03 Å². The van der Waals surface area contributed by atoms with Crippen LogP contribution in [-0.4, -0.2) is 80.5 Å². The van der Waals surface area contributed by atoms with E-state index in [0.717, 1.165) is 15.8 Å². The third kappa shape index (κ3) is 4.09. The van der Waals surface area contributed by atoms with Gasteiger partial charge in [0.2, 0.25) is 5.91 Å². The lowest BCUT2D eigenvalue weighted by atomic mass is 9.85. The van der Waals surface area contributed by atoms with E-state index in [2.05, 4.69) is 20.5 Å². The number of pyridine rings is 1. The minimum Gasteiger partial charge on any atom is -0.341 e. The molecular formula is C26H29N7O4. The molecule has 192 valence electrons. The van der Waals surface area contributed by atoms with Crippen molar-refractivity contribution in [3.63, 3.8) is 0 Å². The molecule has 1 aromatic carbocycles. The lowest BCUT2D eigenvalue weighted by molar-refractivity contribution is -0.139. The van der Waals surface area contributed by atoms with Crippen LogP contribution in [0.2, 0.25) is 0 Å². The van der Waals surface area contributed by atoms with Crippen LogP contribution in [-0.2, 0) is 9.59 Å². The Morgan fingerprint density at radius 1 is 1.11 bits per heavy atom. The molecule has 0 radical (unpaired) electrons. The molecule has 4 heterocycles. The van der Waals surface area contributed by atoms with Crippen LogP contribution in [0.1, 0.15) is 37.2 Å². The van der Waals surface area contributed by atoms with Crippen LogP contribution in [0.25, 0.3) is 10.9 Å². The summed E-state index contributed by atoms with van der Waals surface area (Å²) in [5.41, 5.74) is 0.600. The predicted octanol–water partition coefficient (Wildman–Crippen LogP) is 2.17. The largest absolute Gasteiger partial charge is 0.341 e. The van der Waals surface area contributed by atoms with Crippen molar-refractivity contribution < 1.29 is 19.2 Å². The van der Waals surface area contributed by atoms with E-state index < -0.39 is 23.5 Å². The zero-order valence-corrected chi connectivity index (χ0v) is 21.0. The number of carbonyl (C=O) groups excluding carboxylic acids is 4. The Bertz CT molecular complexity index is 1360. The highest BCUT2D eigenvalue weighted by Crippen LogP contribution is 2.41. The summed E-state index contributed by atoms with van der Waals surface area (Å²) < 4.78 is 0. The second-order valence-electron chi connectivity index (χ2n) is 9.89. The van der Waals surface area contributed by atoms with Crippen molar-refractivity contribution in [2.45, 2.75) is 38.3 Å². The first-order valence-electron chi connectivity index (χ1n) is 12.3. The second-order valence-corrected chi connectivity index (χ2v) is 9.89. The first-order chi connectivity index (χ1) is 17.7. The van der Waals surface area contributed by atoms with Crippen LogP contribution in [0.15, 0.2) is 48.8 Å². The van der Waals surface area contributed by atoms with Crippen molar-refractivity contribution in [2.24, 2.45) is 5.92 Å². The van der Waals surface area contributed by atoms with Gasteiger partial charge in [-0.1, -0.05) is 19.9 Å². The zero-order valence-electron chi connectivity index (χ0n) is 21.0. The summed E-state index contributed by atoms with van der Waals surface area (Å²) in [7, 11) is 1.49. The fourth-order valence-corrected chi connectivity index (χ4v) is 5.21. The van der Waals surface area contributed by atoms with Crippen molar-refractivity contribution >= 4 is 40.3 Å². The van der Waals surface area contributed by atoms with E-state index in [4.69, 9.17) is 0 Å². The number of hydrogen-bond acceptors (Lipinski definition) is 6. The molecule has 11 heteroatoms. The van der Waals surface area contributed by atoms with E-state index in [1.807, 2.05) is 26.0 Å². The van der Waals surface area contributed by atoms with E-state index in [0.29, 0.717) is 5.69 Å². The molecule has 5 rings (SSSR count). The number of anilines is 1. The Morgan fingerprint density at radius 2 is 1.86 bits per heavy atom. The fraction of sp³-hybridized carbons (Fsp3) is 0.385. The molecule has 2 saturated heterocycles. The highest BCUT2D eigenvalue weighted by molar-refractivity contribution is 6.17. The molecule has 2 N–H and O–H groups in total. The van der Waals surface area contributed by atoms with Crippen molar-refractivity contribution in [3.05, 3.63) is 54.5 Å². The number of rotatable bonds is 5. The van der Waals surface area contributed by atoms with E-state index >= 15 is 0 Å². The Morgan fingerprint density at radius 3 is 2.54 bits per heavy atom. The molecule has 11 nitrogen and oxygen atoms in total. The Labute approximate surface area is 213 Å². The first-order valence-corrected chi connectivity index (χ1v) is 12.3. The van der Waals surface area contributed by atoms with E-state index in [1.165, 1.54) is 13.2 Å². The molecule has 2 aliphatic heterocycles. The lowest BCUT2D eigenvalue weighted by Crippen LogP contribution is -2.60. The lowest BCUT2D eigenvalue weighted by Gasteiger charge is -2.43. The summed E-state index contributed by atoms with van der Waals surface area (Å²) in [5.74, 6) is -1.07. The maximum absolute atomic E-state index is 13.5. The van der Waals surface area contributed by atoms with Crippen molar-refractivity contribution in [1.29, 1.82) is 0 Å². The third-order valence-electron chi connectivity index (χ3n) is 7.31. The van der Waals surface area contributed by atoms with Crippen LogP contribution in [0.4, 0.5) is 10.5 Å². The van der Waals surface area contributed by atoms with Crippen molar-refractivity contribution in [3.8, 4) is 0 Å². The van der Waals surface area contributed by atoms with Gasteiger partial charge in [0.1, 0.15) is 17.3 Å². The molecular weight excluding hydrogens is 474 g/mol. The molecule has 0 unspecified atom stereocenters. The van der Waals surface area contributed by atoms with Gasteiger partial charge in [-0.3, -0.25) is 34.3 Å². The van der Waals surface area contributed by atoms with Crippen LogP contribution in [0, 0.1) is 5.92 Å². The number of aromatic amines is 1. The average molecular weight is 504 g/mol. The smallest absolute Gasteiger partial charge is 0.331 e. The number of benzene rings is 1. The molecule has 1 spiro atoms. The standard InChI is InChI=1S/C26H29N7O4/c1-16(2)21(29-22(34)20-6-4-5-11-27-20)23(35)32-12-9-26(10-13-32)24(36)31(3)25(37)33(26)18-7-8-19-17(14-18)15-28-30-19/h4-8,11,14-16,21H,9-10,12-13H2,1-3H3,(H,28,30)(H,29,34)/t21-/m1/s1. The van der Waals surface area contributed by atoms with Gasteiger partial charge in [-0.25, -0.2) is 4.79 Å². The van der Waals surface area contributed by atoms with Gasteiger partial charge in [-0.05, 0) is 49.1 Å². The number of carbonyl (C=O) groups is 4. The predicted molar refractivity (Wildman–Crippen MR) is 136 cm³/mol. The monoisotopic (exact) mass is 503 g/mol. The Hall–Kier alpha value is -4.28. The van der Waals surface area contributed by atoms with E-state index in [1.54, 1.807) is 40.3 Å². The van der Waals surface area contributed by atoms with Crippen LogP contribution >= 0.6 is 0 Å². The summed E-state index contributed by atoms with van der Waals surface area (Å²) in [6, 6.07) is 9.35. The maximum Gasteiger partial charge on any atom is 0.331 e. The van der Waals surface area contributed by atoms with Gasteiger partial charge < -0.3 is 10.2 Å². The molecule has 37 heavy (non-hydrogen) atoms. The normalized spacial score (nSPS) is 18.2. The number of likely N-dealkylation sites (N-methyl/N-ethyl adjacent to an activating group) is 1.